The van der Waals surface area contributed by atoms with Gasteiger partial charge in [0.15, 0.2) is 5.75 Å². The van der Waals surface area contributed by atoms with Crippen LogP contribution in [0.3, 0.4) is 0 Å². The molecule has 1 aliphatic carbocycles. The minimum absolute atomic E-state index is 0.0886. The van der Waals surface area contributed by atoms with E-state index in [0.717, 1.165) is 37.7 Å². The Labute approximate surface area is 222 Å². The topological polar surface area (TPSA) is 75.3 Å². The highest BCUT2D eigenvalue weighted by Gasteiger charge is 2.37. The van der Waals surface area contributed by atoms with Crippen LogP contribution in [0.2, 0.25) is 0 Å². The third-order valence-electron chi connectivity index (χ3n) is 7.28. The molecule has 2 heterocycles. The Kier molecular flexibility index (Phi) is 7.45. The molecular formula is C31H33N3O4. The molecular weight excluding hydrogens is 478 g/mol. The lowest BCUT2D eigenvalue weighted by atomic mass is 9.96. The number of ether oxygens (including phenoxy) is 2. The van der Waals surface area contributed by atoms with Crippen LogP contribution in [0.4, 0.5) is 0 Å². The number of carbonyl (C=O) groups excluding carboxylic acids is 1. The van der Waals surface area contributed by atoms with E-state index >= 15 is 0 Å². The molecule has 0 spiro atoms. The first-order valence-corrected chi connectivity index (χ1v) is 13.2. The Bertz CT molecular complexity index is 1500. The molecule has 196 valence electrons. The number of aromatic nitrogens is 3. The average molecular weight is 512 g/mol. The van der Waals surface area contributed by atoms with Crippen LogP contribution in [0, 0.1) is 0 Å². The zero-order valence-electron chi connectivity index (χ0n) is 21.8. The summed E-state index contributed by atoms with van der Waals surface area (Å²) in [5.74, 6) is -0.650. The van der Waals surface area contributed by atoms with Crippen LogP contribution in [0.15, 0.2) is 84.4 Å². The number of rotatable bonds is 10. The van der Waals surface area contributed by atoms with Gasteiger partial charge in [-0.1, -0.05) is 61.4 Å². The molecule has 7 nitrogen and oxygen atoms in total. The van der Waals surface area contributed by atoms with E-state index in [4.69, 9.17) is 9.47 Å². The van der Waals surface area contributed by atoms with Gasteiger partial charge in [-0.3, -0.25) is 9.48 Å². The van der Waals surface area contributed by atoms with Crippen molar-refractivity contribution in [1.29, 1.82) is 0 Å². The van der Waals surface area contributed by atoms with Crippen LogP contribution in [0.5, 0.6) is 5.75 Å². The summed E-state index contributed by atoms with van der Waals surface area (Å²) in [6.45, 7) is 6.45. The average Bonchev–Trinajstić information content (AvgIpc) is 3.57. The monoisotopic (exact) mass is 511 g/mol. The van der Waals surface area contributed by atoms with Crippen LogP contribution in [0.1, 0.15) is 54.2 Å². The fourth-order valence-electron chi connectivity index (χ4n) is 5.46. The number of benzene rings is 2. The molecule has 0 saturated heterocycles. The van der Waals surface area contributed by atoms with E-state index in [9.17, 15) is 9.59 Å². The molecule has 7 heteroatoms. The predicted octanol–water partition coefficient (Wildman–Crippen LogP) is 5.65. The summed E-state index contributed by atoms with van der Waals surface area (Å²) in [6.07, 6.45) is 10.6. The van der Waals surface area contributed by atoms with Gasteiger partial charge < -0.3 is 14.0 Å². The maximum atomic E-state index is 13.2. The molecule has 2 aromatic carbocycles. The van der Waals surface area contributed by atoms with Gasteiger partial charge in [-0.05, 0) is 54.8 Å². The third-order valence-corrected chi connectivity index (χ3v) is 7.28. The summed E-state index contributed by atoms with van der Waals surface area (Å²) in [4.78, 5) is 25.9. The van der Waals surface area contributed by atoms with Crippen LogP contribution >= 0.6 is 0 Å². The van der Waals surface area contributed by atoms with E-state index in [0.29, 0.717) is 6.54 Å². The number of nitrogens with zero attached hydrogens (tertiary/aromatic N) is 3. The molecule has 0 unspecified atom stereocenters. The normalized spacial score (nSPS) is 14.4. The molecule has 2 aromatic heterocycles. The first-order valence-electron chi connectivity index (χ1n) is 13.2. The lowest BCUT2D eigenvalue weighted by Crippen LogP contribution is -2.37. The first kappa shape index (κ1) is 25.5. The van der Waals surface area contributed by atoms with Gasteiger partial charge >= 0.3 is 5.97 Å². The molecule has 1 fully saturated rings. The molecule has 0 aliphatic heterocycles. The Morgan fingerprint density at radius 3 is 2.63 bits per heavy atom. The van der Waals surface area contributed by atoms with Gasteiger partial charge in [-0.2, -0.15) is 5.10 Å². The molecule has 38 heavy (non-hydrogen) atoms. The molecule has 4 aromatic rings. The number of hydrogen-bond donors (Lipinski definition) is 0. The van der Waals surface area contributed by atoms with Crippen molar-refractivity contribution in [3.63, 3.8) is 0 Å². The van der Waals surface area contributed by atoms with E-state index in [1.807, 2.05) is 36.4 Å². The van der Waals surface area contributed by atoms with Gasteiger partial charge in [0.05, 0.1) is 24.9 Å². The standard InChI is InChI=1S/C31H33N3O4/c1-3-10-23-13-14-25-15-18-34(26(25)19-23)31(16-8-9-17-31)22-33-20-27(38-21-24-11-6-5-7-12-24)29(35)28(32-33)30(36)37-4-2/h3,5-7,11-15,18-20H,1,4,8-10,16-17,21-22H2,2H3. The molecule has 0 amide bonds. The zero-order chi connectivity index (χ0) is 26.5. The number of fused-ring (bicyclic) bond motifs is 1. The minimum Gasteiger partial charge on any atom is -0.483 e. The fourth-order valence-corrected chi connectivity index (χ4v) is 5.46. The van der Waals surface area contributed by atoms with Gasteiger partial charge in [0, 0.05) is 11.7 Å². The molecule has 1 saturated carbocycles. The SMILES string of the molecule is C=CCc1ccc2ccn(C3(Cn4cc(OCc5ccccc5)c(=O)c(C(=O)OCC)n4)CCCC3)c2c1. The summed E-state index contributed by atoms with van der Waals surface area (Å²) < 4.78 is 15.1. The lowest BCUT2D eigenvalue weighted by Gasteiger charge is -2.33. The van der Waals surface area contributed by atoms with Crippen molar-refractivity contribution >= 4 is 16.9 Å². The molecule has 5 rings (SSSR count). The van der Waals surface area contributed by atoms with Gasteiger partial charge in [-0.15, -0.1) is 6.58 Å². The van der Waals surface area contributed by atoms with E-state index in [1.54, 1.807) is 17.8 Å². The van der Waals surface area contributed by atoms with Crippen LogP contribution in [-0.2, 0) is 29.8 Å². The highest BCUT2D eigenvalue weighted by molar-refractivity contribution is 5.87. The first-order chi connectivity index (χ1) is 18.5. The van der Waals surface area contributed by atoms with E-state index in [-0.39, 0.29) is 30.2 Å². The van der Waals surface area contributed by atoms with Crippen molar-refractivity contribution in [2.45, 2.75) is 57.7 Å². The smallest absolute Gasteiger partial charge is 0.363 e. The molecule has 0 radical (unpaired) electrons. The molecule has 1 aliphatic rings. The van der Waals surface area contributed by atoms with Crippen LogP contribution < -0.4 is 10.2 Å². The Balaban J connectivity index is 1.54. The van der Waals surface area contributed by atoms with Gasteiger partial charge in [-0.25, -0.2) is 4.79 Å². The number of carbonyl (C=O) groups is 1. The van der Waals surface area contributed by atoms with E-state index in [2.05, 4.69) is 46.7 Å². The third kappa shape index (κ3) is 5.14. The zero-order valence-corrected chi connectivity index (χ0v) is 21.8. The maximum absolute atomic E-state index is 13.2. The summed E-state index contributed by atoms with van der Waals surface area (Å²) in [7, 11) is 0. The highest BCUT2D eigenvalue weighted by atomic mass is 16.5. The van der Waals surface area contributed by atoms with Crippen molar-refractivity contribution in [2.75, 3.05) is 6.61 Å². The fraction of sp³-hybridized carbons (Fsp3) is 0.323. The molecule has 0 bridgehead atoms. The van der Waals surface area contributed by atoms with Crippen molar-refractivity contribution in [2.24, 2.45) is 0 Å². The summed E-state index contributed by atoms with van der Waals surface area (Å²) >= 11 is 0. The predicted molar refractivity (Wildman–Crippen MR) is 148 cm³/mol. The number of hydrogen-bond acceptors (Lipinski definition) is 5. The maximum Gasteiger partial charge on any atom is 0.363 e. The van der Waals surface area contributed by atoms with Gasteiger partial charge in [0.1, 0.15) is 6.61 Å². The lowest BCUT2D eigenvalue weighted by molar-refractivity contribution is 0.0512. The minimum atomic E-state index is -0.739. The van der Waals surface area contributed by atoms with Gasteiger partial charge in [0.2, 0.25) is 5.69 Å². The molecule has 0 atom stereocenters. The quantitative estimate of drug-likeness (QED) is 0.203. The second-order valence-electron chi connectivity index (χ2n) is 9.87. The van der Waals surface area contributed by atoms with E-state index < -0.39 is 11.4 Å². The second-order valence-corrected chi connectivity index (χ2v) is 9.87. The summed E-state index contributed by atoms with van der Waals surface area (Å²) in [5, 5.41) is 5.65. The van der Waals surface area contributed by atoms with Crippen molar-refractivity contribution in [1.82, 2.24) is 14.3 Å². The summed E-state index contributed by atoms with van der Waals surface area (Å²) in [5.41, 5.74) is 2.24. The van der Waals surface area contributed by atoms with Crippen LogP contribution in [0.25, 0.3) is 10.9 Å². The largest absolute Gasteiger partial charge is 0.483 e. The van der Waals surface area contributed by atoms with Crippen LogP contribution in [-0.4, -0.2) is 26.9 Å². The van der Waals surface area contributed by atoms with Crippen molar-refractivity contribution in [3.05, 3.63) is 107 Å². The molecule has 0 N–H and O–H groups in total. The van der Waals surface area contributed by atoms with E-state index in [1.165, 1.54) is 16.5 Å². The van der Waals surface area contributed by atoms with Crippen molar-refractivity contribution < 1.29 is 14.3 Å². The Morgan fingerprint density at radius 2 is 1.89 bits per heavy atom. The van der Waals surface area contributed by atoms with Crippen molar-refractivity contribution in [3.8, 4) is 5.75 Å². The highest BCUT2D eigenvalue weighted by Crippen LogP contribution is 2.40. The van der Waals surface area contributed by atoms with Gasteiger partial charge in [0.25, 0.3) is 5.43 Å². The second kappa shape index (κ2) is 11.1. The Morgan fingerprint density at radius 1 is 1.11 bits per heavy atom. The number of allylic oxidation sites excluding steroid dienone is 1. The Hall–Kier alpha value is -4.13. The number of esters is 1. The summed E-state index contributed by atoms with van der Waals surface area (Å²) in [6, 6.07) is 18.3.